The van der Waals surface area contributed by atoms with Crippen molar-refractivity contribution < 1.29 is 9.13 Å². The van der Waals surface area contributed by atoms with Gasteiger partial charge in [-0.15, -0.1) is 0 Å². The van der Waals surface area contributed by atoms with E-state index in [4.69, 9.17) is 10.5 Å². The lowest BCUT2D eigenvalue weighted by atomic mass is 10.1. The van der Waals surface area contributed by atoms with Crippen LogP contribution < -0.4 is 15.8 Å². The molecule has 112 valence electrons. The van der Waals surface area contributed by atoms with Crippen LogP contribution in [0.3, 0.4) is 0 Å². The van der Waals surface area contributed by atoms with Crippen LogP contribution in [0.5, 0.6) is 5.75 Å². The fourth-order valence-corrected chi connectivity index (χ4v) is 1.96. The summed E-state index contributed by atoms with van der Waals surface area (Å²) >= 11 is 0. The minimum Gasteiger partial charge on any atom is -0.488 e. The number of rotatable bonds is 5. The molecule has 1 heterocycles. The van der Waals surface area contributed by atoms with Crippen LogP contribution in [0.25, 0.3) is 0 Å². The number of aryl methyl sites for hydroxylation is 1. The number of nitrogen functional groups attached to an aromatic ring is 1. The average molecular weight is 289 g/mol. The van der Waals surface area contributed by atoms with Crippen LogP contribution in [0, 0.1) is 12.7 Å². The number of nitrogens with one attached hydrogen (secondary N) is 1. The van der Waals surface area contributed by atoms with Gasteiger partial charge in [-0.05, 0) is 38.0 Å². The van der Waals surface area contributed by atoms with E-state index in [0.717, 1.165) is 11.1 Å². The Labute approximate surface area is 124 Å². The molecule has 0 amide bonds. The van der Waals surface area contributed by atoms with Crippen LogP contribution in [0.15, 0.2) is 30.6 Å². The quantitative estimate of drug-likeness (QED) is 0.827. The van der Waals surface area contributed by atoms with Gasteiger partial charge in [-0.3, -0.25) is 4.98 Å². The summed E-state index contributed by atoms with van der Waals surface area (Å²) in [4.78, 5) is 4.05. The smallest absolute Gasteiger partial charge is 0.167 e. The predicted molar refractivity (Wildman–Crippen MR) is 82.9 cm³/mol. The van der Waals surface area contributed by atoms with Crippen molar-refractivity contribution in [1.29, 1.82) is 0 Å². The first kappa shape index (κ1) is 15.1. The monoisotopic (exact) mass is 289 g/mol. The average Bonchev–Trinajstić information content (AvgIpc) is 2.41. The number of hydrogen-bond acceptors (Lipinski definition) is 4. The van der Waals surface area contributed by atoms with Crippen LogP contribution in [0.2, 0.25) is 0 Å². The van der Waals surface area contributed by atoms with Gasteiger partial charge >= 0.3 is 0 Å². The van der Waals surface area contributed by atoms with Crippen LogP contribution in [-0.4, -0.2) is 11.1 Å². The maximum Gasteiger partial charge on any atom is 0.167 e. The zero-order valence-electron chi connectivity index (χ0n) is 12.5. The maximum absolute atomic E-state index is 13.8. The van der Waals surface area contributed by atoms with Gasteiger partial charge in [0.25, 0.3) is 0 Å². The highest BCUT2D eigenvalue weighted by Gasteiger charge is 2.10. The van der Waals surface area contributed by atoms with E-state index in [-0.39, 0.29) is 11.9 Å². The number of anilines is 2. The second-order valence-corrected chi connectivity index (χ2v) is 5.19. The molecule has 0 radical (unpaired) electrons. The Morgan fingerprint density at radius 3 is 2.81 bits per heavy atom. The fraction of sp³-hybridized carbons (Fsp3) is 0.312. The molecular weight excluding hydrogens is 269 g/mol. The molecule has 21 heavy (non-hydrogen) atoms. The Morgan fingerprint density at radius 1 is 1.38 bits per heavy atom. The largest absolute Gasteiger partial charge is 0.488 e. The molecule has 5 heteroatoms. The molecule has 0 bridgehead atoms. The van der Waals surface area contributed by atoms with E-state index in [2.05, 4.69) is 10.3 Å². The Balaban J connectivity index is 2.18. The van der Waals surface area contributed by atoms with Crippen LogP contribution in [-0.2, 0) is 6.54 Å². The molecule has 1 aromatic heterocycles. The Hall–Kier alpha value is -2.30. The molecule has 2 aromatic rings. The van der Waals surface area contributed by atoms with Gasteiger partial charge in [0.15, 0.2) is 11.6 Å². The predicted octanol–water partition coefficient (Wildman–Crippen LogP) is 3.51. The van der Waals surface area contributed by atoms with Crippen molar-refractivity contribution in [2.75, 3.05) is 11.1 Å². The number of aromatic nitrogens is 1. The van der Waals surface area contributed by atoms with Gasteiger partial charge < -0.3 is 15.8 Å². The van der Waals surface area contributed by atoms with Gasteiger partial charge in [0, 0.05) is 31.1 Å². The van der Waals surface area contributed by atoms with Gasteiger partial charge in [-0.2, -0.15) is 0 Å². The van der Waals surface area contributed by atoms with Gasteiger partial charge in [-0.1, -0.05) is 0 Å². The molecule has 0 fully saturated rings. The maximum atomic E-state index is 13.8. The number of nitrogens with two attached hydrogens (primary N) is 1. The highest BCUT2D eigenvalue weighted by atomic mass is 19.1. The third-order valence-electron chi connectivity index (χ3n) is 3.07. The standard InChI is InChI=1S/C16H20FN3O/c1-10(2)21-16-7-15(14(18)6-13(16)17)20-9-12-4-5-19-8-11(12)3/h4-8,10,20H,9,18H2,1-3H3. The van der Waals surface area contributed by atoms with Crippen molar-refractivity contribution in [2.24, 2.45) is 0 Å². The first-order valence-corrected chi connectivity index (χ1v) is 6.86. The van der Waals surface area contributed by atoms with Gasteiger partial charge in [0.05, 0.1) is 17.5 Å². The van der Waals surface area contributed by atoms with E-state index >= 15 is 0 Å². The summed E-state index contributed by atoms with van der Waals surface area (Å²) < 4.78 is 19.2. The molecule has 1 aromatic carbocycles. The van der Waals surface area contributed by atoms with Crippen molar-refractivity contribution in [2.45, 2.75) is 33.4 Å². The number of pyridine rings is 1. The first-order valence-electron chi connectivity index (χ1n) is 6.86. The lowest BCUT2D eigenvalue weighted by molar-refractivity contribution is 0.231. The number of nitrogens with zero attached hydrogens (tertiary/aromatic N) is 1. The van der Waals surface area contributed by atoms with Crippen LogP contribution in [0.4, 0.5) is 15.8 Å². The summed E-state index contributed by atoms with van der Waals surface area (Å²) in [6.07, 6.45) is 3.45. The zero-order chi connectivity index (χ0) is 15.4. The second kappa shape index (κ2) is 6.43. The summed E-state index contributed by atoms with van der Waals surface area (Å²) in [7, 11) is 0. The number of halogens is 1. The van der Waals surface area contributed by atoms with Gasteiger partial charge in [-0.25, -0.2) is 4.39 Å². The zero-order valence-corrected chi connectivity index (χ0v) is 12.5. The molecule has 0 aliphatic heterocycles. The third kappa shape index (κ3) is 3.84. The fourth-order valence-electron chi connectivity index (χ4n) is 1.96. The molecular formula is C16H20FN3O. The Bertz CT molecular complexity index is 629. The summed E-state index contributed by atoms with van der Waals surface area (Å²) in [5.74, 6) is -0.250. The molecule has 0 unspecified atom stereocenters. The lowest BCUT2D eigenvalue weighted by Crippen LogP contribution is -2.09. The Kier molecular flexibility index (Phi) is 4.62. The number of ether oxygens (including phenoxy) is 1. The molecule has 4 nitrogen and oxygen atoms in total. The number of benzene rings is 1. The summed E-state index contributed by atoms with van der Waals surface area (Å²) in [6, 6.07) is 4.81. The highest BCUT2D eigenvalue weighted by molar-refractivity contribution is 5.68. The van der Waals surface area contributed by atoms with Crippen molar-refractivity contribution in [1.82, 2.24) is 4.98 Å². The van der Waals surface area contributed by atoms with Crippen molar-refractivity contribution >= 4 is 11.4 Å². The van der Waals surface area contributed by atoms with Crippen molar-refractivity contribution in [3.63, 3.8) is 0 Å². The van der Waals surface area contributed by atoms with E-state index in [9.17, 15) is 4.39 Å². The first-order chi connectivity index (χ1) is 9.97. The minimum absolute atomic E-state index is 0.0987. The van der Waals surface area contributed by atoms with Gasteiger partial charge in [0.2, 0.25) is 0 Å². The molecule has 0 atom stereocenters. The molecule has 0 aliphatic carbocycles. The van der Waals surface area contributed by atoms with Crippen molar-refractivity contribution in [3.05, 3.63) is 47.5 Å². The normalized spacial score (nSPS) is 10.7. The van der Waals surface area contributed by atoms with E-state index in [1.54, 1.807) is 18.5 Å². The van der Waals surface area contributed by atoms with E-state index < -0.39 is 5.82 Å². The van der Waals surface area contributed by atoms with Gasteiger partial charge in [0.1, 0.15) is 0 Å². The third-order valence-corrected chi connectivity index (χ3v) is 3.07. The summed E-state index contributed by atoms with van der Waals surface area (Å²) in [6.45, 7) is 6.28. The molecule has 0 spiro atoms. The van der Waals surface area contributed by atoms with E-state index in [1.165, 1.54) is 6.07 Å². The SMILES string of the molecule is Cc1cnccc1CNc1cc(OC(C)C)c(F)cc1N. The van der Waals surface area contributed by atoms with Crippen LogP contribution >= 0.6 is 0 Å². The second-order valence-electron chi connectivity index (χ2n) is 5.19. The Morgan fingerprint density at radius 2 is 2.14 bits per heavy atom. The highest BCUT2D eigenvalue weighted by Crippen LogP contribution is 2.29. The molecule has 0 aliphatic rings. The lowest BCUT2D eigenvalue weighted by Gasteiger charge is -2.15. The number of hydrogen-bond donors (Lipinski definition) is 2. The summed E-state index contributed by atoms with van der Waals surface area (Å²) in [5, 5.41) is 3.21. The van der Waals surface area contributed by atoms with E-state index in [1.807, 2.05) is 26.8 Å². The van der Waals surface area contributed by atoms with Crippen LogP contribution in [0.1, 0.15) is 25.0 Å². The molecule has 3 N–H and O–H groups in total. The topological polar surface area (TPSA) is 60.2 Å². The minimum atomic E-state index is -0.452. The molecule has 2 rings (SSSR count). The molecule has 0 saturated carbocycles. The van der Waals surface area contributed by atoms with E-state index in [0.29, 0.717) is 17.9 Å². The molecule has 0 saturated heterocycles. The van der Waals surface area contributed by atoms with Crippen molar-refractivity contribution in [3.8, 4) is 5.75 Å². The summed E-state index contributed by atoms with van der Waals surface area (Å²) in [5.41, 5.74) is 9.06.